The monoisotopic (exact) mass is 182 g/mol. The number of para-hydroxylation sites is 1. The number of hydrogen-bond acceptors (Lipinski definition) is 2. The summed E-state index contributed by atoms with van der Waals surface area (Å²) in [6, 6.07) is 7.25. The van der Waals surface area contributed by atoms with E-state index in [1.54, 1.807) is 6.07 Å². The third-order valence-corrected chi connectivity index (χ3v) is 1.63. The maximum absolute atomic E-state index is 8.92. The summed E-state index contributed by atoms with van der Waals surface area (Å²) in [7, 11) is 0. The van der Waals surface area contributed by atoms with Crippen LogP contribution in [-0.2, 0) is 0 Å². The Morgan fingerprint density at radius 3 is 2.08 bits per heavy atom. The van der Waals surface area contributed by atoms with Crippen molar-refractivity contribution in [2.45, 2.75) is 26.7 Å². The first-order valence-corrected chi connectivity index (χ1v) is 4.57. The molecule has 0 aromatic heterocycles. The van der Waals surface area contributed by atoms with Crippen LogP contribution in [-0.4, -0.2) is 16.8 Å². The predicted molar refractivity (Wildman–Crippen MR) is 54.8 cm³/mol. The molecule has 0 aliphatic heterocycles. The second-order valence-electron chi connectivity index (χ2n) is 2.86. The Morgan fingerprint density at radius 2 is 1.85 bits per heavy atom. The van der Waals surface area contributed by atoms with Crippen molar-refractivity contribution in [1.82, 2.24) is 0 Å². The van der Waals surface area contributed by atoms with E-state index >= 15 is 0 Å². The van der Waals surface area contributed by atoms with Gasteiger partial charge in [-0.1, -0.05) is 31.5 Å². The molecule has 0 aliphatic rings. The van der Waals surface area contributed by atoms with Crippen LogP contribution in [0.15, 0.2) is 24.3 Å². The third kappa shape index (κ3) is 6.17. The third-order valence-electron chi connectivity index (χ3n) is 1.63. The molecule has 0 amide bonds. The highest BCUT2D eigenvalue weighted by Gasteiger charge is 1.86. The Kier molecular flexibility index (Phi) is 7.02. The normalized spacial score (nSPS) is 8.85. The summed E-state index contributed by atoms with van der Waals surface area (Å²) in [6.45, 7) is 4.27. The number of benzene rings is 1. The Labute approximate surface area is 79.9 Å². The molecule has 0 radical (unpaired) electrons. The fraction of sp³-hybridized carbons (Fsp3) is 0.455. The van der Waals surface area contributed by atoms with E-state index in [2.05, 4.69) is 6.92 Å². The number of aliphatic hydroxyl groups excluding tert-OH is 1. The van der Waals surface area contributed by atoms with E-state index in [0.29, 0.717) is 12.4 Å². The average molecular weight is 182 g/mol. The first-order valence-electron chi connectivity index (χ1n) is 4.57. The van der Waals surface area contributed by atoms with Crippen LogP contribution in [0.3, 0.4) is 0 Å². The van der Waals surface area contributed by atoms with Gasteiger partial charge >= 0.3 is 0 Å². The summed E-state index contributed by atoms with van der Waals surface area (Å²) in [5.41, 5.74) is 0.924. The number of hydrogen-bond donors (Lipinski definition) is 2. The van der Waals surface area contributed by atoms with Crippen LogP contribution in [0.4, 0.5) is 0 Å². The molecular formula is C11H18O2. The van der Waals surface area contributed by atoms with Crippen molar-refractivity contribution in [3.63, 3.8) is 0 Å². The topological polar surface area (TPSA) is 40.5 Å². The molecule has 0 bridgehead atoms. The quantitative estimate of drug-likeness (QED) is 0.737. The Bertz CT molecular complexity index is 198. The highest BCUT2D eigenvalue weighted by atomic mass is 16.3. The molecule has 2 nitrogen and oxygen atoms in total. The van der Waals surface area contributed by atoms with Crippen LogP contribution >= 0.6 is 0 Å². The van der Waals surface area contributed by atoms with Crippen LogP contribution in [0.1, 0.15) is 25.3 Å². The summed E-state index contributed by atoms with van der Waals surface area (Å²) in [4.78, 5) is 0. The van der Waals surface area contributed by atoms with Gasteiger partial charge in [0.1, 0.15) is 5.75 Å². The van der Waals surface area contributed by atoms with Gasteiger partial charge in [-0.2, -0.15) is 0 Å². The van der Waals surface area contributed by atoms with Gasteiger partial charge in [0, 0.05) is 6.61 Å². The van der Waals surface area contributed by atoms with Crippen molar-refractivity contribution in [1.29, 1.82) is 0 Å². The van der Waals surface area contributed by atoms with Crippen molar-refractivity contribution >= 4 is 0 Å². The fourth-order valence-electron chi connectivity index (χ4n) is 0.722. The van der Waals surface area contributed by atoms with Gasteiger partial charge in [-0.05, 0) is 25.0 Å². The Hall–Kier alpha value is -1.02. The van der Waals surface area contributed by atoms with Gasteiger partial charge in [-0.15, -0.1) is 0 Å². The van der Waals surface area contributed by atoms with E-state index in [9.17, 15) is 0 Å². The van der Waals surface area contributed by atoms with Gasteiger partial charge in [0.2, 0.25) is 0 Å². The minimum absolute atomic E-state index is 0.344. The molecule has 1 rings (SSSR count). The summed E-state index contributed by atoms with van der Waals surface area (Å²) in [5.74, 6) is 0.368. The molecular weight excluding hydrogens is 164 g/mol. The van der Waals surface area contributed by atoms with E-state index in [4.69, 9.17) is 10.2 Å². The van der Waals surface area contributed by atoms with Crippen molar-refractivity contribution in [3.8, 4) is 5.75 Å². The van der Waals surface area contributed by atoms with E-state index in [1.165, 1.54) is 0 Å². The number of unbranched alkanes of at least 4 members (excludes halogenated alkanes) is 1. The van der Waals surface area contributed by atoms with Crippen molar-refractivity contribution in [3.05, 3.63) is 29.8 Å². The van der Waals surface area contributed by atoms with Crippen LogP contribution in [0, 0.1) is 6.92 Å². The molecule has 0 aliphatic carbocycles. The minimum Gasteiger partial charge on any atom is -0.508 e. The van der Waals surface area contributed by atoms with E-state index in [1.807, 2.05) is 25.1 Å². The van der Waals surface area contributed by atoms with Crippen molar-refractivity contribution < 1.29 is 10.2 Å². The molecule has 0 spiro atoms. The minimum atomic E-state index is 0.344. The van der Waals surface area contributed by atoms with Gasteiger partial charge < -0.3 is 10.2 Å². The maximum atomic E-state index is 8.92. The first kappa shape index (κ1) is 12.0. The summed E-state index contributed by atoms with van der Waals surface area (Å²) in [6.07, 6.45) is 2.04. The number of aryl methyl sites for hydroxylation is 1. The zero-order valence-electron chi connectivity index (χ0n) is 8.33. The maximum Gasteiger partial charge on any atom is 0.118 e. The van der Waals surface area contributed by atoms with E-state index in [0.717, 1.165) is 18.4 Å². The number of aromatic hydroxyl groups is 1. The molecule has 0 saturated carbocycles. The lowest BCUT2D eigenvalue weighted by Gasteiger charge is -1.92. The molecule has 0 fully saturated rings. The summed E-state index contributed by atoms with van der Waals surface area (Å²) < 4.78 is 0. The molecule has 1 aromatic rings. The molecule has 2 heteroatoms. The van der Waals surface area contributed by atoms with Gasteiger partial charge in [-0.25, -0.2) is 0 Å². The number of aliphatic hydroxyl groups is 1. The number of phenolic OH excluding ortho intramolecular Hbond substituents is 1. The SMILES string of the molecule is CCCCO.Cc1ccccc1O. The molecule has 0 unspecified atom stereocenters. The van der Waals surface area contributed by atoms with Crippen LogP contribution < -0.4 is 0 Å². The predicted octanol–water partition coefficient (Wildman–Crippen LogP) is 2.48. The smallest absolute Gasteiger partial charge is 0.118 e. The zero-order chi connectivity index (χ0) is 10.1. The zero-order valence-corrected chi connectivity index (χ0v) is 8.33. The lowest BCUT2D eigenvalue weighted by atomic mass is 10.2. The Morgan fingerprint density at radius 1 is 1.23 bits per heavy atom. The second kappa shape index (κ2) is 7.62. The standard InChI is InChI=1S/C7H8O.C4H10O/c1-6-4-2-3-5-7(6)8;1-2-3-4-5/h2-5,8H,1H3;5H,2-4H2,1H3. The van der Waals surface area contributed by atoms with E-state index < -0.39 is 0 Å². The highest BCUT2D eigenvalue weighted by Crippen LogP contribution is 2.12. The van der Waals surface area contributed by atoms with Gasteiger partial charge in [0.05, 0.1) is 0 Å². The lowest BCUT2D eigenvalue weighted by Crippen LogP contribution is -1.75. The lowest BCUT2D eigenvalue weighted by molar-refractivity contribution is 0.287. The molecule has 74 valence electrons. The molecule has 0 heterocycles. The molecule has 0 saturated heterocycles. The number of phenols is 1. The van der Waals surface area contributed by atoms with Crippen molar-refractivity contribution in [2.24, 2.45) is 0 Å². The van der Waals surface area contributed by atoms with Gasteiger partial charge in [0.15, 0.2) is 0 Å². The van der Waals surface area contributed by atoms with Crippen LogP contribution in [0.2, 0.25) is 0 Å². The van der Waals surface area contributed by atoms with Gasteiger partial charge in [-0.3, -0.25) is 0 Å². The summed E-state index contributed by atoms with van der Waals surface area (Å²) in [5, 5.41) is 17.0. The fourth-order valence-corrected chi connectivity index (χ4v) is 0.722. The largest absolute Gasteiger partial charge is 0.508 e. The first-order chi connectivity index (χ1) is 6.22. The number of rotatable bonds is 2. The van der Waals surface area contributed by atoms with Crippen LogP contribution in [0.5, 0.6) is 5.75 Å². The van der Waals surface area contributed by atoms with Crippen LogP contribution in [0.25, 0.3) is 0 Å². The summed E-state index contributed by atoms with van der Waals surface area (Å²) >= 11 is 0. The highest BCUT2D eigenvalue weighted by molar-refractivity contribution is 5.29. The molecule has 1 aromatic carbocycles. The Balaban J connectivity index is 0.000000252. The van der Waals surface area contributed by atoms with E-state index in [-0.39, 0.29) is 0 Å². The average Bonchev–Trinajstić information content (AvgIpc) is 2.13. The molecule has 13 heavy (non-hydrogen) atoms. The second-order valence-corrected chi connectivity index (χ2v) is 2.86. The van der Waals surface area contributed by atoms with Gasteiger partial charge in [0.25, 0.3) is 0 Å². The van der Waals surface area contributed by atoms with Crippen molar-refractivity contribution in [2.75, 3.05) is 6.61 Å². The molecule has 0 atom stereocenters. The molecule has 2 N–H and O–H groups in total.